The van der Waals surface area contributed by atoms with Gasteiger partial charge >= 0.3 is 0 Å². The molecule has 1 aliphatic rings. The molecule has 0 saturated heterocycles. The molecule has 3 N–H and O–H groups in total. The van der Waals surface area contributed by atoms with Crippen molar-refractivity contribution >= 4 is 10.0 Å². The lowest BCUT2D eigenvalue weighted by Crippen LogP contribution is -2.50. The number of nitrogens with one attached hydrogen (secondary N) is 1. The fourth-order valence-corrected chi connectivity index (χ4v) is 3.91. The molecule has 0 amide bonds. The Bertz CT molecular complexity index is 363. The van der Waals surface area contributed by atoms with Gasteiger partial charge in [0.05, 0.1) is 5.75 Å². The van der Waals surface area contributed by atoms with Gasteiger partial charge in [-0.05, 0) is 24.7 Å². The van der Waals surface area contributed by atoms with Gasteiger partial charge in [-0.25, -0.2) is 13.1 Å². The van der Waals surface area contributed by atoms with Crippen molar-refractivity contribution in [2.45, 2.75) is 71.3 Å². The van der Waals surface area contributed by atoms with Gasteiger partial charge in [-0.3, -0.25) is 0 Å². The van der Waals surface area contributed by atoms with Crippen LogP contribution >= 0.6 is 0 Å². The summed E-state index contributed by atoms with van der Waals surface area (Å²) in [6.07, 6.45) is 7.18. The number of hydrogen-bond acceptors (Lipinski definition) is 3. The summed E-state index contributed by atoms with van der Waals surface area (Å²) in [5, 5.41) is 0. The maximum Gasteiger partial charge on any atom is 0.211 e. The van der Waals surface area contributed by atoms with E-state index in [1.54, 1.807) is 0 Å². The summed E-state index contributed by atoms with van der Waals surface area (Å²) in [7, 11) is -3.19. The minimum absolute atomic E-state index is 0.0392. The summed E-state index contributed by atoms with van der Waals surface area (Å²) in [5.41, 5.74) is 6.02. The lowest BCUT2D eigenvalue weighted by Gasteiger charge is -2.28. The van der Waals surface area contributed by atoms with E-state index >= 15 is 0 Å². The third-order valence-corrected chi connectivity index (χ3v) is 5.19. The molecule has 0 atom stereocenters. The predicted octanol–water partition coefficient (Wildman–Crippen LogP) is 2.39. The Kier molecular flexibility index (Phi) is 5.83. The normalized spacial score (nSPS) is 21.1. The van der Waals surface area contributed by atoms with E-state index in [-0.39, 0.29) is 16.7 Å². The monoisotopic (exact) mass is 290 g/mol. The second kappa shape index (κ2) is 6.55. The molecule has 0 unspecified atom stereocenters. The van der Waals surface area contributed by atoms with Crippen molar-refractivity contribution in [3.63, 3.8) is 0 Å². The van der Waals surface area contributed by atoms with Crippen LogP contribution in [0.3, 0.4) is 0 Å². The van der Waals surface area contributed by atoms with Crippen LogP contribution in [0.1, 0.15) is 65.7 Å². The van der Waals surface area contributed by atoms with Crippen LogP contribution in [0, 0.1) is 5.41 Å². The van der Waals surface area contributed by atoms with Gasteiger partial charge < -0.3 is 5.73 Å². The molecule has 114 valence electrons. The summed E-state index contributed by atoms with van der Waals surface area (Å²) < 4.78 is 26.7. The van der Waals surface area contributed by atoms with E-state index in [1.165, 1.54) is 12.8 Å². The van der Waals surface area contributed by atoms with Crippen molar-refractivity contribution < 1.29 is 8.42 Å². The molecule has 0 aliphatic heterocycles. The van der Waals surface area contributed by atoms with Gasteiger partial charge in [-0.15, -0.1) is 0 Å². The molecule has 0 spiro atoms. The maximum atomic E-state index is 12.0. The molecule has 5 heteroatoms. The zero-order chi connectivity index (χ0) is 14.6. The van der Waals surface area contributed by atoms with E-state index in [0.717, 1.165) is 25.7 Å². The molecule has 0 aromatic heterocycles. The highest BCUT2D eigenvalue weighted by Crippen LogP contribution is 2.24. The standard InChI is InChI=1S/C14H30N2O2S/c1-13(2,3)10-11-19(17,18)16-12-14(15)8-6-4-5-7-9-14/h16H,4-12,15H2,1-3H3. The first-order valence-electron chi connectivity index (χ1n) is 7.38. The van der Waals surface area contributed by atoms with Crippen molar-refractivity contribution in [2.75, 3.05) is 12.3 Å². The molecule has 0 radical (unpaired) electrons. The predicted molar refractivity (Wildman–Crippen MR) is 80.5 cm³/mol. The highest BCUT2D eigenvalue weighted by Gasteiger charge is 2.28. The zero-order valence-corrected chi connectivity index (χ0v) is 13.5. The van der Waals surface area contributed by atoms with Crippen molar-refractivity contribution in [1.29, 1.82) is 0 Å². The average Bonchev–Trinajstić information content (AvgIpc) is 2.50. The summed E-state index contributed by atoms with van der Waals surface area (Å²) in [5.74, 6) is 0.187. The zero-order valence-electron chi connectivity index (χ0n) is 12.7. The highest BCUT2D eigenvalue weighted by molar-refractivity contribution is 7.89. The smallest absolute Gasteiger partial charge is 0.211 e. The van der Waals surface area contributed by atoms with Crippen LogP contribution in [-0.2, 0) is 10.0 Å². The van der Waals surface area contributed by atoms with E-state index in [2.05, 4.69) is 25.5 Å². The summed E-state index contributed by atoms with van der Waals surface area (Å²) in [6.45, 7) is 6.55. The van der Waals surface area contributed by atoms with Gasteiger partial charge in [0.15, 0.2) is 0 Å². The number of sulfonamides is 1. The van der Waals surface area contributed by atoms with Crippen molar-refractivity contribution in [3.8, 4) is 0 Å². The molecule has 1 fully saturated rings. The second-order valence-corrected chi connectivity index (χ2v) is 9.15. The van der Waals surface area contributed by atoms with E-state index < -0.39 is 10.0 Å². The molecule has 1 saturated carbocycles. The number of hydrogen-bond donors (Lipinski definition) is 2. The summed E-state index contributed by atoms with van der Waals surface area (Å²) >= 11 is 0. The van der Waals surface area contributed by atoms with Crippen LogP contribution in [0.5, 0.6) is 0 Å². The van der Waals surface area contributed by atoms with E-state index in [1.807, 2.05) is 0 Å². The van der Waals surface area contributed by atoms with Gasteiger partial charge in [0.2, 0.25) is 10.0 Å². The van der Waals surface area contributed by atoms with E-state index in [4.69, 9.17) is 5.73 Å². The Hall–Kier alpha value is -0.130. The summed E-state index contributed by atoms with van der Waals surface area (Å²) in [6, 6.07) is 0. The molecule has 0 aromatic carbocycles. The topological polar surface area (TPSA) is 72.2 Å². The van der Waals surface area contributed by atoms with Crippen LogP contribution in [0.4, 0.5) is 0 Å². The van der Waals surface area contributed by atoms with Gasteiger partial charge in [0.1, 0.15) is 0 Å². The average molecular weight is 290 g/mol. The molecule has 19 heavy (non-hydrogen) atoms. The molecule has 1 aliphatic carbocycles. The van der Waals surface area contributed by atoms with E-state index in [9.17, 15) is 8.42 Å². The van der Waals surface area contributed by atoms with Gasteiger partial charge in [-0.1, -0.05) is 46.5 Å². The van der Waals surface area contributed by atoms with Crippen molar-refractivity contribution in [1.82, 2.24) is 4.72 Å². The molecule has 4 nitrogen and oxygen atoms in total. The molecule has 0 bridgehead atoms. The van der Waals surface area contributed by atoms with Gasteiger partial charge in [0, 0.05) is 12.1 Å². The van der Waals surface area contributed by atoms with Crippen LogP contribution in [0.2, 0.25) is 0 Å². The Labute approximate surface area is 118 Å². The lowest BCUT2D eigenvalue weighted by molar-refractivity contribution is 0.366. The van der Waals surface area contributed by atoms with Gasteiger partial charge in [-0.2, -0.15) is 0 Å². The van der Waals surface area contributed by atoms with Crippen LogP contribution in [0.15, 0.2) is 0 Å². The quantitative estimate of drug-likeness (QED) is 0.764. The number of nitrogens with two attached hydrogens (primary N) is 1. The largest absolute Gasteiger partial charge is 0.324 e. The SMILES string of the molecule is CC(C)(C)CCS(=O)(=O)NCC1(N)CCCCCC1. The molecular formula is C14H30N2O2S. The van der Waals surface area contributed by atoms with Crippen molar-refractivity contribution in [3.05, 3.63) is 0 Å². The first-order chi connectivity index (χ1) is 8.62. The lowest BCUT2D eigenvalue weighted by atomic mass is 9.92. The third-order valence-electron chi connectivity index (χ3n) is 3.86. The first kappa shape index (κ1) is 16.9. The molecule has 0 heterocycles. The fourth-order valence-electron chi connectivity index (χ4n) is 2.38. The number of rotatable bonds is 5. The Morgan fingerprint density at radius 1 is 1.11 bits per heavy atom. The molecule has 0 aromatic rings. The minimum Gasteiger partial charge on any atom is -0.324 e. The van der Waals surface area contributed by atoms with E-state index in [0.29, 0.717) is 13.0 Å². The Morgan fingerprint density at radius 3 is 2.11 bits per heavy atom. The third kappa shape index (κ3) is 7.28. The minimum atomic E-state index is -3.19. The highest BCUT2D eigenvalue weighted by atomic mass is 32.2. The van der Waals surface area contributed by atoms with Crippen LogP contribution in [0.25, 0.3) is 0 Å². The maximum absolute atomic E-state index is 12.0. The van der Waals surface area contributed by atoms with Gasteiger partial charge in [0.25, 0.3) is 0 Å². The Morgan fingerprint density at radius 2 is 1.63 bits per heavy atom. The summed E-state index contributed by atoms with van der Waals surface area (Å²) in [4.78, 5) is 0. The fraction of sp³-hybridized carbons (Fsp3) is 1.00. The van der Waals surface area contributed by atoms with Crippen LogP contribution in [-0.4, -0.2) is 26.3 Å². The van der Waals surface area contributed by atoms with Crippen LogP contribution < -0.4 is 10.5 Å². The molecular weight excluding hydrogens is 260 g/mol. The van der Waals surface area contributed by atoms with Crippen molar-refractivity contribution in [2.24, 2.45) is 11.1 Å². The Balaban J connectivity index is 2.45. The second-order valence-electron chi connectivity index (χ2n) is 7.23. The molecule has 1 rings (SSSR count). The first-order valence-corrected chi connectivity index (χ1v) is 9.03.